The Kier molecular flexibility index (Phi) is 7.46. The molecule has 190 valence electrons. The van der Waals surface area contributed by atoms with Crippen LogP contribution in [0.15, 0.2) is 88.2 Å². The number of thioether (sulfide) groups is 1. The predicted molar refractivity (Wildman–Crippen MR) is 158 cm³/mol. The van der Waals surface area contributed by atoms with Gasteiger partial charge in [-0.3, -0.25) is 19.8 Å². The lowest BCUT2D eigenvalue weighted by Crippen LogP contribution is -2.27. The topological polar surface area (TPSA) is 81.9 Å². The third-order valence-electron chi connectivity index (χ3n) is 5.89. The summed E-state index contributed by atoms with van der Waals surface area (Å²) >= 11 is 10.1. The van der Waals surface area contributed by atoms with Gasteiger partial charge in [0.25, 0.3) is 11.6 Å². The molecule has 5 rings (SSSR count). The van der Waals surface area contributed by atoms with Crippen molar-refractivity contribution in [2.24, 2.45) is 0 Å². The molecule has 0 radical (unpaired) electrons. The van der Waals surface area contributed by atoms with Gasteiger partial charge in [-0.2, -0.15) is 0 Å². The molecule has 0 aliphatic carbocycles. The fourth-order valence-electron chi connectivity index (χ4n) is 4.12. The number of hydrogen-bond donors (Lipinski definition) is 0. The van der Waals surface area contributed by atoms with Crippen LogP contribution in [0.3, 0.4) is 0 Å². The summed E-state index contributed by atoms with van der Waals surface area (Å²) in [6.45, 7) is 0.345. The third-order valence-corrected chi connectivity index (χ3v) is 7.79. The first-order valence-corrected chi connectivity index (χ1v) is 13.4. The van der Waals surface area contributed by atoms with Crippen molar-refractivity contribution in [3.63, 3.8) is 0 Å². The lowest BCUT2D eigenvalue weighted by Gasteiger charge is -2.15. The van der Waals surface area contributed by atoms with Crippen LogP contribution in [0, 0.1) is 10.1 Å². The van der Waals surface area contributed by atoms with Crippen molar-refractivity contribution < 1.29 is 19.2 Å². The second-order valence-corrected chi connectivity index (χ2v) is 10.8. The second kappa shape index (κ2) is 10.9. The van der Waals surface area contributed by atoms with Gasteiger partial charge in [0.05, 0.1) is 27.1 Å². The van der Waals surface area contributed by atoms with E-state index in [4.69, 9.17) is 21.7 Å². The standard InChI is InChI=1S/C28H19BrN2O5S2/c1-35-24-13-17(12-23(29)26(24)36-16-19-8-4-7-18-6-2-3-11-22(18)19)14-25-27(32)30(28(37)38-25)20-9-5-10-21(15-20)31(33)34/h2-15H,16H2,1H3/b25-14-. The number of anilines is 1. The van der Waals surface area contributed by atoms with E-state index in [1.54, 1.807) is 25.3 Å². The summed E-state index contributed by atoms with van der Waals surface area (Å²) in [5.74, 6) is 0.689. The van der Waals surface area contributed by atoms with Gasteiger partial charge in [-0.25, -0.2) is 0 Å². The maximum Gasteiger partial charge on any atom is 0.271 e. The van der Waals surface area contributed by atoms with Crippen LogP contribution in [-0.2, 0) is 11.4 Å². The molecule has 7 nitrogen and oxygen atoms in total. The van der Waals surface area contributed by atoms with Crippen molar-refractivity contribution in [2.45, 2.75) is 6.61 Å². The molecule has 0 atom stereocenters. The Morgan fingerprint density at radius 2 is 1.84 bits per heavy atom. The zero-order chi connectivity index (χ0) is 26.8. The molecule has 10 heteroatoms. The van der Waals surface area contributed by atoms with Crippen LogP contribution in [-0.4, -0.2) is 22.3 Å². The van der Waals surface area contributed by atoms with Gasteiger partial charge in [-0.1, -0.05) is 72.5 Å². The minimum atomic E-state index is -0.509. The summed E-state index contributed by atoms with van der Waals surface area (Å²) in [5, 5.41) is 13.4. The van der Waals surface area contributed by atoms with Crippen molar-refractivity contribution in [3.8, 4) is 11.5 Å². The van der Waals surface area contributed by atoms with Crippen LogP contribution >= 0.6 is 39.9 Å². The summed E-state index contributed by atoms with van der Waals surface area (Å²) in [7, 11) is 1.55. The van der Waals surface area contributed by atoms with Gasteiger partial charge in [0.15, 0.2) is 15.8 Å². The van der Waals surface area contributed by atoms with Gasteiger partial charge >= 0.3 is 0 Å². The first-order chi connectivity index (χ1) is 18.4. The Morgan fingerprint density at radius 3 is 2.63 bits per heavy atom. The number of nitro benzene ring substituents is 1. The monoisotopic (exact) mass is 606 g/mol. The number of amides is 1. The molecule has 0 spiro atoms. The number of thiocarbonyl (C=S) groups is 1. The predicted octanol–water partition coefficient (Wildman–Crippen LogP) is 7.50. The van der Waals surface area contributed by atoms with Gasteiger partial charge in [-0.15, -0.1) is 0 Å². The lowest BCUT2D eigenvalue weighted by atomic mass is 10.1. The van der Waals surface area contributed by atoms with E-state index in [9.17, 15) is 14.9 Å². The molecule has 38 heavy (non-hydrogen) atoms. The van der Waals surface area contributed by atoms with Gasteiger partial charge in [0.2, 0.25) is 0 Å². The van der Waals surface area contributed by atoms with Crippen LogP contribution in [0.25, 0.3) is 16.8 Å². The zero-order valence-electron chi connectivity index (χ0n) is 19.9. The van der Waals surface area contributed by atoms with E-state index in [0.717, 1.165) is 28.1 Å². The van der Waals surface area contributed by atoms with E-state index < -0.39 is 4.92 Å². The number of nitro groups is 1. The summed E-state index contributed by atoms with van der Waals surface area (Å²) in [6.07, 6.45) is 1.71. The van der Waals surface area contributed by atoms with E-state index in [0.29, 0.717) is 43.1 Å². The number of halogens is 1. The summed E-state index contributed by atoms with van der Waals surface area (Å²) in [4.78, 5) is 25.5. The number of nitrogens with zero attached hydrogens (tertiary/aromatic N) is 2. The molecule has 0 aromatic heterocycles. The molecule has 1 aliphatic rings. The van der Waals surface area contributed by atoms with Crippen LogP contribution in [0.1, 0.15) is 11.1 Å². The highest BCUT2D eigenvalue weighted by Crippen LogP contribution is 2.41. The van der Waals surface area contributed by atoms with Gasteiger partial charge in [0.1, 0.15) is 6.61 Å². The number of non-ortho nitro benzene ring substituents is 1. The molecule has 1 heterocycles. The largest absolute Gasteiger partial charge is 0.493 e. The number of fused-ring (bicyclic) bond motifs is 1. The second-order valence-electron chi connectivity index (χ2n) is 8.26. The summed E-state index contributed by atoms with van der Waals surface area (Å²) in [6, 6.07) is 23.7. The van der Waals surface area contributed by atoms with Crippen molar-refractivity contribution >= 4 is 78.4 Å². The highest BCUT2D eigenvalue weighted by Gasteiger charge is 2.34. The summed E-state index contributed by atoms with van der Waals surface area (Å²) < 4.78 is 12.7. The van der Waals surface area contributed by atoms with Crippen LogP contribution < -0.4 is 14.4 Å². The Balaban J connectivity index is 1.40. The highest BCUT2D eigenvalue weighted by molar-refractivity contribution is 9.10. The first kappa shape index (κ1) is 25.9. The lowest BCUT2D eigenvalue weighted by molar-refractivity contribution is -0.384. The average Bonchev–Trinajstić information content (AvgIpc) is 3.19. The Morgan fingerprint density at radius 1 is 1.08 bits per heavy atom. The zero-order valence-corrected chi connectivity index (χ0v) is 23.1. The van der Waals surface area contributed by atoms with Crippen molar-refractivity contribution in [3.05, 3.63) is 109 Å². The summed E-state index contributed by atoms with van der Waals surface area (Å²) in [5.41, 5.74) is 1.98. The fourth-order valence-corrected chi connectivity index (χ4v) is 5.99. The molecular weight excluding hydrogens is 588 g/mol. The maximum absolute atomic E-state index is 13.2. The number of benzene rings is 4. The highest BCUT2D eigenvalue weighted by atomic mass is 79.9. The number of methoxy groups -OCH3 is 1. The molecule has 4 aromatic rings. The maximum atomic E-state index is 13.2. The van der Waals surface area contributed by atoms with Gasteiger partial charge < -0.3 is 9.47 Å². The molecule has 0 saturated carbocycles. The fraction of sp³-hybridized carbons (Fsp3) is 0.0714. The average molecular weight is 608 g/mol. The number of rotatable bonds is 7. The normalized spacial score (nSPS) is 14.4. The van der Waals surface area contributed by atoms with Crippen molar-refractivity contribution in [1.29, 1.82) is 0 Å². The van der Waals surface area contributed by atoms with E-state index in [1.807, 2.05) is 30.3 Å². The molecule has 1 saturated heterocycles. The van der Waals surface area contributed by atoms with Gasteiger partial charge in [-0.05, 0) is 62.1 Å². The van der Waals surface area contributed by atoms with Crippen molar-refractivity contribution in [1.82, 2.24) is 0 Å². The Bertz CT molecular complexity index is 1630. The number of carbonyl (C=O) groups excluding carboxylic acids is 1. The number of ether oxygens (including phenoxy) is 2. The number of hydrogen-bond acceptors (Lipinski definition) is 7. The first-order valence-electron chi connectivity index (χ1n) is 11.3. The Hall–Kier alpha value is -3.73. The van der Waals surface area contributed by atoms with Crippen molar-refractivity contribution in [2.75, 3.05) is 12.0 Å². The quantitative estimate of drug-likeness (QED) is 0.0931. The molecule has 4 aromatic carbocycles. The van der Waals surface area contributed by atoms with E-state index in [1.165, 1.54) is 23.1 Å². The smallest absolute Gasteiger partial charge is 0.271 e. The van der Waals surface area contributed by atoms with Crippen LogP contribution in [0.5, 0.6) is 11.5 Å². The number of carbonyl (C=O) groups is 1. The SMILES string of the molecule is COc1cc(/C=C2\SC(=S)N(c3cccc([N+](=O)[O-])c3)C2=O)cc(Br)c1OCc1cccc2ccccc12. The minimum absolute atomic E-state index is 0.117. The molecule has 1 amide bonds. The van der Waals surface area contributed by atoms with E-state index in [-0.39, 0.29) is 11.6 Å². The van der Waals surface area contributed by atoms with Gasteiger partial charge in [0, 0.05) is 12.1 Å². The molecule has 1 fully saturated rings. The minimum Gasteiger partial charge on any atom is -0.493 e. The van der Waals surface area contributed by atoms with E-state index >= 15 is 0 Å². The van der Waals surface area contributed by atoms with Crippen LogP contribution in [0.2, 0.25) is 0 Å². The molecule has 1 aliphatic heterocycles. The Labute approximate surface area is 236 Å². The molecule has 0 bridgehead atoms. The molecular formula is C28H19BrN2O5S2. The van der Waals surface area contributed by atoms with E-state index in [2.05, 4.69) is 34.1 Å². The molecule has 0 N–H and O–H groups in total. The molecule has 0 unspecified atom stereocenters. The third kappa shape index (κ3) is 5.15. The van der Waals surface area contributed by atoms with Crippen LogP contribution in [0.4, 0.5) is 11.4 Å².